The third-order valence-corrected chi connectivity index (χ3v) is 6.37. The van der Waals surface area contributed by atoms with Gasteiger partial charge in [0.25, 0.3) is 0 Å². The van der Waals surface area contributed by atoms with Crippen LogP contribution in [0.3, 0.4) is 0 Å². The summed E-state index contributed by atoms with van der Waals surface area (Å²) in [6.07, 6.45) is 3.87. The zero-order chi connectivity index (χ0) is 24.2. The molecule has 0 radical (unpaired) electrons. The lowest BCUT2D eigenvalue weighted by Gasteiger charge is -2.31. The molecule has 1 N–H and O–H groups in total. The topological polar surface area (TPSA) is 76.6 Å². The molecule has 1 aromatic heterocycles. The summed E-state index contributed by atoms with van der Waals surface area (Å²) in [5, 5.41) is 3.49. The number of hydrogen-bond donors (Lipinski definition) is 1. The van der Waals surface area contributed by atoms with E-state index in [0.29, 0.717) is 54.2 Å². The van der Waals surface area contributed by atoms with Crippen LogP contribution in [0.25, 0.3) is 10.9 Å². The number of nitrogens with one attached hydrogen (secondary N) is 1. The number of benzene rings is 2. The first-order chi connectivity index (χ1) is 16.4. The van der Waals surface area contributed by atoms with Gasteiger partial charge in [0.1, 0.15) is 18.2 Å². The van der Waals surface area contributed by atoms with Gasteiger partial charge < -0.3 is 19.7 Å². The number of amides is 1. The Morgan fingerprint density at radius 2 is 1.97 bits per heavy atom. The Balaban J connectivity index is 1.60. The number of nitrogens with zero attached hydrogens (tertiary/aromatic N) is 3. The first kappa shape index (κ1) is 24.3. The van der Waals surface area contributed by atoms with Crippen LogP contribution in [0.1, 0.15) is 12.8 Å². The Bertz CT molecular complexity index is 1250. The predicted molar refractivity (Wildman–Crippen MR) is 131 cm³/mol. The molecule has 0 bridgehead atoms. The highest BCUT2D eigenvalue weighted by atomic mass is 35.5. The largest absolute Gasteiger partial charge is 0.493 e. The third kappa shape index (κ3) is 5.14. The SMILES string of the molecule is COc1cc2ncnc(Nc3ccc(Cl)c(Cl)c3F)c2cc1OC1CCN(C(=O)C=CCl)CC1. The van der Waals surface area contributed by atoms with Crippen molar-refractivity contribution >= 4 is 63.1 Å². The van der Waals surface area contributed by atoms with Crippen molar-refractivity contribution in [2.75, 3.05) is 25.5 Å². The minimum absolute atomic E-state index is 0.115. The van der Waals surface area contributed by atoms with E-state index in [-0.39, 0.29) is 27.7 Å². The fourth-order valence-electron chi connectivity index (χ4n) is 3.70. The van der Waals surface area contributed by atoms with Crippen LogP contribution in [0.15, 0.2) is 42.2 Å². The quantitative estimate of drug-likeness (QED) is 0.317. The molecular formula is C23H20Cl3FN4O3. The normalized spacial score (nSPS) is 14.6. The number of hydrogen-bond acceptors (Lipinski definition) is 6. The van der Waals surface area contributed by atoms with E-state index in [1.54, 1.807) is 24.1 Å². The second-order valence-corrected chi connectivity index (χ2v) is 8.56. The number of halogens is 4. The van der Waals surface area contributed by atoms with Crippen LogP contribution in [-0.4, -0.2) is 47.1 Å². The first-order valence-corrected chi connectivity index (χ1v) is 11.6. The summed E-state index contributed by atoms with van der Waals surface area (Å²) in [7, 11) is 1.54. The van der Waals surface area contributed by atoms with Gasteiger partial charge in [-0.1, -0.05) is 34.8 Å². The molecule has 0 aliphatic carbocycles. The van der Waals surface area contributed by atoms with Crippen LogP contribution in [0.5, 0.6) is 11.5 Å². The van der Waals surface area contributed by atoms with Gasteiger partial charge in [0.15, 0.2) is 17.3 Å². The monoisotopic (exact) mass is 524 g/mol. The van der Waals surface area contributed by atoms with E-state index in [4.69, 9.17) is 44.3 Å². The van der Waals surface area contributed by atoms with Crippen LogP contribution >= 0.6 is 34.8 Å². The average molecular weight is 526 g/mol. The number of ether oxygens (including phenoxy) is 2. The minimum Gasteiger partial charge on any atom is -0.493 e. The highest BCUT2D eigenvalue weighted by Crippen LogP contribution is 2.37. The van der Waals surface area contributed by atoms with E-state index in [1.807, 2.05) is 0 Å². The molecule has 3 aromatic rings. The maximum Gasteiger partial charge on any atom is 0.247 e. The van der Waals surface area contributed by atoms with Gasteiger partial charge in [-0.25, -0.2) is 14.4 Å². The molecule has 1 fully saturated rings. The Labute approximate surface area is 210 Å². The van der Waals surface area contributed by atoms with Gasteiger partial charge in [0.05, 0.1) is 28.4 Å². The number of piperidine rings is 1. The molecule has 1 aliphatic heterocycles. The maximum atomic E-state index is 14.6. The van der Waals surface area contributed by atoms with Gasteiger partial charge >= 0.3 is 0 Å². The Morgan fingerprint density at radius 1 is 1.21 bits per heavy atom. The van der Waals surface area contributed by atoms with E-state index >= 15 is 0 Å². The molecule has 34 heavy (non-hydrogen) atoms. The van der Waals surface area contributed by atoms with E-state index < -0.39 is 5.82 Å². The van der Waals surface area contributed by atoms with Crippen molar-refractivity contribution in [3.8, 4) is 11.5 Å². The molecule has 7 nitrogen and oxygen atoms in total. The molecular weight excluding hydrogens is 506 g/mol. The van der Waals surface area contributed by atoms with Crippen molar-refractivity contribution in [3.63, 3.8) is 0 Å². The molecule has 1 amide bonds. The number of carbonyl (C=O) groups excluding carboxylic acids is 1. The fourth-order valence-corrected chi connectivity index (χ4v) is 4.12. The highest BCUT2D eigenvalue weighted by Gasteiger charge is 2.24. The minimum atomic E-state index is -0.684. The zero-order valence-electron chi connectivity index (χ0n) is 18.0. The van der Waals surface area contributed by atoms with Crippen LogP contribution in [0, 0.1) is 5.82 Å². The molecule has 1 aliphatic rings. The maximum absolute atomic E-state index is 14.6. The summed E-state index contributed by atoms with van der Waals surface area (Å²) in [6, 6.07) is 6.45. The standard InChI is InChI=1S/C23H20Cl3FN4O3/c1-33-18-11-17-14(10-19(18)34-13-5-8-31(9-6-13)20(32)4-7-24)23(29-12-28-17)30-16-3-2-15(25)21(26)22(16)27/h2-4,7,10-13H,5-6,8-9H2,1H3,(H,28,29,30). The van der Waals surface area contributed by atoms with Crippen LogP contribution in [0.4, 0.5) is 15.9 Å². The smallest absolute Gasteiger partial charge is 0.247 e. The number of aromatic nitrogens is 2. The molecule has 1 saturated heterocycles. The molecule has 4 rings (SSSR count). The first-order valence-electron chi connectivity index (χ1n) is 10.4. The van der Waals surface area contributed by atoms with Crippen molar-refractivity contribution in [1.82, 2.24) is 14.9 Å². The van der Waals surface area contributed by atoms with E-state index in [0.717, 1.165) is 0 Å². The number of rotatable bonds is 6. The van der Waals surface area contributed by atoms with E-state index in [1.165, 1.54) is 30.1 Å². The van der Waals surface area contributed by atoms with Crippen LogP contribution in [0.2, 0.25) is 10.0 Å². The Morgan fingerprint density at radius 3 is 2.68 bits per heavy atom. The van der Waals surface area contributed by atoms with Gasteiger partial charge in [-0.2, -0.15) is 0 Å². The van der Waals surface area contributed by atoms with Crippen LogP contribution < -0.4 is 14.8 Å². The summed E-state index contributed by atoms with van der Waals surface area (Å²) in [4.78, 5) is 22.3. The second-order valence-electron chi connectivity index (χ2n) is 7.53. The third-order valence-electron chi connectivity index (χ3n) is 5.46. The summed E-state index contributed by atoms with van der Waals surface area (Å²) >= 11 is 17.3. The van der Waals surface area contributed by atoms with Crippen molar-refractivity contribution in [2.45, 2.75) is 18.9 Å². The molecule has 2 aromatic carbocycles. The second kappa shape index (κ2) is 10.6. The van der Waals surface area contributed by atoms with E-state index in [9.17, 15) is 9.18 Å². The Kier molecular flexibility index (Phi) is 7.60. The number of methoxy groups -OCH3 is 1. The molecule has 11 heteroatoms. The number of carbonyl (C=O) groups is 1. The van der Waals surface area contributed by atoms with Gasteiger partial charge in [0, 0.05) is 49.0 Å². The highest BCUT2D eigenvalue weighted by molar-refractivity contribution is 6.42. The molecule has 0 spiro atoms. The number of fused-ring (bicyclic) bond motifs is 1. The van der Waals surface area contributed by atoms with Crippen molar-refractivity contribution in [2.24, 2.45) is 0 Å². The van der Waals surface area contributed by atoms with Crippen molar-refractivity contribution in [3.05, 3.63) is 58.1 Å². The van der Waals surface area contributed by atoms with Gasteiger partial charge in [-0.15, -0.1) is 0 Å². The number of anilines is 2. The van der Waals surface area contributed by atoms with Crippen molar-refractivity contribution in [1.29, 1.82) is 0 Å². The van der Waals surface area contributed by atoms with Crippen molar-refractivity contribution < 1.29 is 18.7 Å². The molecule has 2 heterocycles. The molecule has 0 saturated carbocycles. The average Bonchev–Trinajstić information content (AvgIpc) is 2.85. The Hall–Kier alpha value is -2.81. The van der Waals surface area contributed by atoms with Gasteiger partial charge in [0.2, 0.25) is 5.91 Å². The summed E-state index contributed by atoms with van der Waals surface area (Å²) in [6.45, 7) is 1.10. The molecule has 0 unspecified atom stereocenters. The predicted octanol–water partition coefficient (Wildman–Crippen LogP) is 5.95. The number of likely N-dealkylation sites (tertiary alicyclic amines) is 1. The van der Waals surface area contributed by atoms with Crippen LogP contribution in [-0.2, 0) is 4.79 Å². The summed E-state index contributed by atoms with van der Waals surface area (Å²) < 4.78 is 26.3. The lowest BCUT2D eigenvalue weighted by Crippen LogP contribution is -2.41. The lowest BCUT2D eigenvalue weighted by molar-refractivity contribution is -0.127. The van der Waals surface area contributed by atoms with E-state index in [2.05, 4.69) is 15.3 Å². The fraction of sp³-hybridized carbons (Fsp3) is 0.261. The zero-order valence-corrected chi connectivity index (χ0v) is 20.3. The van der Waals surface area contributed by atoms with Gasteiger partial charge in [-0.05, 0) is 18.2 Å². The summed E-state index contributed by atoms with van der Waals surface area (Å²) in [5.74, 6) is 0.549. The van der Waals surface area contributed by atoms with Gasteiger partial charge in [-0.3, -0.25) is 4.79 Å². The summed E-state index contributed by atoms with van der Waals surface area (Å²) in [5.41, 5.74) is 1.91. The molecule has 178 valence electrons. The molecule has 0 atom stereocenters. The lowest BCUT2D eigenvalue weighted by atomic mass is 10.1.